The van der Waals surface area contributed by atoms with Gasteiger partial charge in [-0.2, -0.15) is 26.3 Å². The number of aryl methyl sites for hydroxylation is 1. The highest BCUT2D eigenvalue weighted by atomic mass is 35.5. The van der Waals surface area contributed by atoms with E-state index in [1.54, 1.807) is 0 Å². The van der Waals surface area contributed by atoms with E-state index in [4.69, 9.17) is 11.6 Å². The van der Waals surface area contributed by atoms with Gasteiger partial charge in [0.2, 0.25) is 0 Å². The third-order valence-electron chi connectivity index (χ3n) is 3.72. The van der Waals surface area contributed by atoms with E-state index in [0.29, 0.717) is 23.1 Å². The van der Waals surface area contributed by atoms with Crippen molar-refractivity contribution in [3.63, 3.8) is 0 Å². The van der Waals surface area contributed by atoms with Crippen LogP contribution in [-0.4, -0.2) is 13.1 Å². The third kappa shape index (κ3) is 6.22. The number of benzene rings is 2. The Labute approximate surface area is 177 Å². The average Bonchev–Trinajstić information content (AvgIpc) is 2.65. The van der Waals surface area contributed by atoms with Crippen molar-refractivity contribution < 1.29 is 44.7 Å². The van der Waals surface area contributed by atoms with Gasteiger partial charge in [-0.05, 0) is 30.7 Å². The van der Waals surface area contributed by atoms with E-state index in [9.17, 15) is 39.9 Å². The fourth-order valence-electron chi connectivity index (χ4n) is 2.31. The monoisotopic (exact) mass is 477 g/mol. The summed E-state index contributed by atoms with van der Waals surface area (Å²) in [5.41, 5.74) is -4.69. The molecule has 31 heavy (non-hydrogen) atoms. The first kappa shape index (κ1) is 26.5. The number of carbonyl (C=O) groups excluding carboxylic acids is 1. The zero-order valence-corrected chi connectivity index (χ0v) is 17.2. The lowest BCUT2D eigenvalue weighted by Gasteiger charge is -2.22. The molecule has 0 atom stereocenters. The molecule has 0 N–H and O–H groups in total. The van der Waals surface area contributed by atoms with Crippen molar-refractivity contribution in [3.8, 4) is 5.75 Å². The normalized spacial score (nSPS) is 11.5. The van der Waals surface area contributed by atoms with E-state index in [0.717, 1.165) is 14.0 Å². The van der Waals surface area contributed by atoms with Gasteiger partial charge in [-0.1, -0.05) is 25.4 Å². The van der Waals surface area contributed by atoms with Crippen LogP contribution in [0.2, 0.25) is 5.02 Å². The van der Waals surface area contributed by atoms with Gasteiger partial charge in [0.25, 0.3) is 0 Å². The molecular weight excluding hydrogens is 462 g/mol. The van der Waals surface area contributed by atoms with Crippen LogP contribution in [0.1, 0.15) is 30.5 Å². The molecule has 2 aromatic rings. The summed E-state index contributed by atoms with van der Waals surface area (Å²) in [5.74, 6) is -3.60. The lowest BCUT2D eigenvalue weighted by atomic mass is 10.0. The summed E-state index contributed by atoms with van der Waals surface area (Å²) < 4.78 is 110. The highest BCUT2D eigenvalue weighted by molar-refractivity contribution is 6.31. The van der Waals surface area contributed by atoms with E-state index in [-0.39, 0.29) is 6.07 Å². The molecular formula is C19H16ClF8NO2. The van der Waals surface area contributed by atoms with Gasteiger partial charge in [-0.25, -0.2) is 13.6 Å². The van der Waals surface area contributed by atoms with Crippen molar-refractivity contribution >= 4 is 23.4 Å². The van der Waals surface area contributed by atoms with Gasteiger partial charge in [0, 0.05) is 13.1 Å². The lowest BCUT2D eigenvalue weighted by molar-refractivity contribution is -0.143. The second-order valence-corrected chi connectivity index (χ2v) is 6.22. The van der Waals surface area contributed by atoms with E-state index < -0.39 is 63.2 Å². The van der Waals surface area contributed by atoms with Crippen LogP contribution in [0.3, 0.4) is 0 Å². The van der Waals surface area contributed by atoms with Crippen molar-refractivity contribution in [3.05, 3.63) is 57.6 Å². The molecule has 2 aromatic carbocycles. The van der Waals surface area contributed by atoms with Crippen LogP contribution in [0.25, 0.3) is 0 Å². The number of nitrogens with zero attached hydrogens (tertiary/aromatic N) is 1. The molecule has 0 unspecified atom stereocenters. The topological polar surface area (TPSA) is 29.5 Å². The smallest absolute Gasteiger partial charge is 0.409 e. The van der Waals surface area contributed by atoms with Crippen molar-refractivity contribution in [1.29, 1.82) is 0 Å². The van der Waals surface area contributed by atoms with Crippen LogP contribution >= 0.6 is 11.6 Å². The van der Waals surface area contributed by atoms with Crippen molar-refractivity contribution in [2.24, 2.45) is 0 Å². The van der Waals surface area contributed by atoms with Gasteiger partial charge in [-0.3, -0.25) is 4.90 Å². The summed E-state index contributed by atoms with van der Waals surface area (Å²) >= 11 is 5.49. The van der Waals surface area contributed by atoms with Crippen LogP contribution in [0, 0.1) is 18.6 Å². The van der Waals surface area contributed by atoms with E-state index >= 15 is 0 Å². The zero-order valence-electron chi connectivity index (χ0n) is 16.5. The Morgan fingerprint density at radius 2 is 1.48 bits per heavy atom. The first-order valence-corrected chi connectivity index (χ1v) is 8.90. The zero-order chi connectivity index (χ0) is 24.3. The van der Waals surface area contributed by atoms with Gasteiger partial charge < -0.3 is 4.74 Å². The quantitative estimate of drug-likeness (QED) is 0.329. The molecule has 12 heteroatoms. The second kappa shape index (κ2) is 9.71. The Morgan fingerprint density at radius 1 is 0.935 bits per heavy atom. The number of anilines is 1. The van der Waals surface area contributed by atoms with Crippen LogP contribution in [0.4, 0.5) is 45.6 Å². The van der Waals surface area contributed by atoms with Crippen LogP contribution in [0.15, 0.2) is 24.3 Å². The maximum Gasteiger partial charge on any atom is 0.420 e. The molecule has 0 aliphatic rings. The number of ether oxygens (including phenoxy) is 1. The minimum absolute atomic E-state index is 0.203. The SMILES string of the molecule is CC.Cc1cc(C(F)(F)F)cc(C(F)(F)F)c1OC(=O)N(C)c1cc(Cl)c(F)cc1F. The van der Waals surface area contributed by atoms with Gasteiger partial charge in [0.1, 0.15) is 17.4 Å². The molecule has 0 saturated carbocycles. The number of carbonyl (C=O) groups is 1. The molecule has 0 aromatic heterocycles. The Hall–Kier alpha value is -2.56. The molecule has 0 fully saturated rings. The predicted octanol–water partition coefficient (Wildman–Crippen LogP) is 7.63. The summed E-state index contributed by atoms with van der Waals surface area (Å²) in [6, 6.07) is 1.20. The van der Waals surface area contributed by atoms with E-state index in [2.05, 4.69) is 4.74 Å². The molecule has 1 amide bonds. The number of alkyl halides is 6. The van der Waals surface area contributed by atoms with Gasteiger partial charge in [-0.15, -0.1) is 0 Å². The van der Waals surface area contributed by atoms with E-state index in [1.807, 2.05) is 13.8 Å². The number of amides is 1. The minimum Gasteiger partial charge on any atom is -0.409 e. The number of hydrogen-bond donors (Lipinski definition) is 0. The maximum atomic E-state index is 13.9. The Kier molecular flexibility index (Phi) is 8.30. The first-order valence-electron chi connectivity index (χ1n) is 8.52. The maximum absolute atomic E-state index is 13.9. The molecule has 0 radical (unpaired) electrons. The van der Waals surface area contributed by atoms with E-state index in [1.165, 1.54) is 0 Å². The lowest BCUT2D eigenvalue weighted by Crippen LogP contribution is -2.31. The second-order valence-electron chi connectivity index (χ2n) is 5.81. The summed E-state index contributed by atoms with van der Waals surface area (Å²) in [4.78, 5) is 12.6. The fourth-order valence-corrected chi connectivity index (χ4v) is 2.46. The molecule has 0 saturated heterocycles. The summed E-state index contributed by atoms with van der Waals surface area (Å²) in [6.45, 7) is 4.88. The highest BCUT2D eigenvalue weighted by Gasteiger charge is 2.40. The summed E-state index contributed by atoms with van der Waals surface area (Å²) in [5, 5.41) is -0.581. The fraction of sp³-hybridized carbons (Fsp3) is 0.316. The molecule has 0 spiro atoms. The Bertz CT molecular complexity index is 957. The summed E-state index contributed by atoms with van der Waals surface area (Å²) in [6.07, 6.45) is -11.9. The number of hydrogen-bond acceptors (Lipinski definition) is 2. The molecule has 0 aliphatic carbocycles. The van der Waals surface area contributed by atoms with Crippen molar-refractivity contribution in [1.82, 2.24) is 0 Å². The Morgan fingerprint density at radius 3 is 1.97 bits per heavy atom. The molecule has 172 valence electrons. The molecule has 3 nitrogen and oxygen atoms in total. The summed E-state index contributed by atoms with van der Waals surface area (Å²) in [7, 11) is 0.891. The average molecular weight is 478 g/mol. The van der Waals surface area contributed by atoms with Crippen LogP contribution < -0.4 is 9.64 Å². The molecule has 0 aliphatic heterocycles. The van der Waals surface area contributed by atoms with Crippen LogP contribution in [0.5, 0.6) is 5.75 Å². The van der Waals surface area contributed by atoms with Crippen LogP contribution in [-0.2, 0) is 12.4 Å². The molecule has 2 rings (SSSR count). The highest BCUT2D eigenvalue weighted by Crippen LogP contribution is 2.42. The van der Waals surface area contributed by atoms with Gasteiger partial charge in [0.15, 0.2) is 0 Å². The third-order valence-corrected chi connectivity index (χ3v) is 4.01. The number of rotatable bonds is 2. The largest absolute Gasteiger partial charge is 0.420 e. The Balaban J connectivity index is 0.00000233. The minimum atomic E-state index is -5.29. The molecule has 0 heterocycles. The van der Waals surface area contributed by atoms with Crippen molar-refractivity contribution in [2.45, 2.75) is 33.1 Å². The van der Waals surface area contributed by atoms with Crippen molar-refractivity contribution in [2.75, 3.05) is 11.9 Å². The first-order chi connectivity index (χ1) is 14.1. The standard InChI is InChI=1S/C17H10ClF8NO2.C2H6/c1-7-3-8(16(21,22)23)4-9(17(24,25)26)14(7)29-15(28)27(2)13-5-10(18)11(19)6-12(13)20;1-2/h3-6H,1-2H3;1-2H3. The van der Waals surface area contributed by atoms with Gasteiger partial charge >= 0.3 is 18.4 Å². The van der Waals surface area contributed by atoms with Gasteiger partial charge in [0.05, 0.1) is 21.8 Å². The predicted molar refractivity (Wildman–Crippen MR) is 98.3 cm³/mol. The number of halogens is 9. The molecule has 0 bridgehead atoms.